The summed E-state index contributed by atoms with van der Waals surface area (Å²) in [6, 6.07) is 4.08. The van der Waals surface area contributed by atoms with Gasteiger partial charge in [-0.2, -0.15) is 0 Å². The largest absolute Gasteiger partial charge is 0.381 e. The molecule has 1 aromatic rings. The van der Waals surface area contributed by atoms with E-state index in [1.54, 1.807) is 6.07 Å². The number of nitro benzene ring substituents is 1. The van der Waals surface area contributed by atoms with Gasteiger partial charge in [0.05, 0.1) is 4.92 Å². The Morgan fingerprint density at radius 2 is 2.21 bits per heavy atom. The van der Waals surface area contributed by atoms with Gasteiger partial charge in [-0.05, 0) is 38.9 Å². The lowest BCUT2D eigenvalue weighted by atomic mass is 10.1. The minimum atomic E-state index is -0.454. The summed E-state index contributed by atoms with van der Waals surface area (Å²) in [6.45, 7) is 5.01. The van der Waals surface area contributed by atoms with Gasteiger partial charge in [0.2, 0.25) is 0 Å². The van der Waals surface area contributed by atoms with Gasteiger partial charge in [0.1, 0.15) is 5.02 Å². The number of likely N-dealkylation sites (tertiary alicyclic amines) is 1. The number of rotatable bonds is 3. The first-order chi connectivity index (χ1) is 8.88. The number of hydrogen-bond acceptors (Lipinski definition) is 4. The number of aryl methyl sites for hydroxylation is 1. The van der Waals surface area contributed by atoms with Crippen LogP contribution in [0, 0.1) is 17.0 Å². The van der Waals surface area contributed by atoms with Crippen LogP contribution in [0.1, 0.15) is 18.9 Å². The summed E-state index contributed by atoms with van der Waals surface area (Å²) in [6.07, 6.45) is 1.06. The van der Waals surface area contributed by atoms with E-state index in [4.69, 9.17) is 11.6 Å². The molecule has 0 aromatic heterocycles. The number of benzene rings is 1. The van der Waals surface area contributed by atoms with Crippen molar-refractivity contribution in [3.05, 3.63) is 32.8 Å². The Morgan fingerprint density at radius 3 is 2.74 bits per heavy atom. The predicted octanol–water partition coefficient (Wildman–Crippen LogP) is 3.06. The van der Waals surface area contributed by atoms with E-state index in [-0.39, 0.29) is 10.7 Å². The summed E-state index contributed by atoms with van der Waals surface area (Å²) in [4.78, 5) is 12.6. The second-order valence-corrected chi connectivity index (χ2v) is 5.65. The number of halogens is 1. The minimum Gasteiger partial charge on any atom is -0.381 e. The van der Waals surface area contributed by atoms with Gasteiger partial charge in [0.25, 0.3) is 5.69 Å². The molecule has 1 saturated heterocycles. The van der Waals surface area contributed by atoms with Crippen LogP contribution in [0.3, 0.4) is 0 Å². The van der Waals surface area contributed by atoms with Gasteiger partial charge in [-0.3, -0.25) is 10.1 Å². The highest BCUT2D eigenvalue weighted by atomic mass is 35.5. The molecule has 5 nitrogen and oxygen atoms in total. The van der Waals surface area contributed by atoms with E-state index in [0.717, 1.165) is 24.2 Å². The highest BCUT2D eigenvalue weighted by Gasteiger charge is 2.26. The van der Waals surface area contributed by atoms with Crippen LogP contribution in [0.15, 0.2) is 12.1 Å². The monoisotopic (exact) mass is 283 g/mol. The van der Waals surface area contributed by atoms with E-state index in [9.17, 15) is 10.1 Å². The van der Waals surface area contributed by atoms with Crippen LogP contribution in [-0.4, -0.2) is 35.5 Å². The minimum absolute atomic E-state index is 0.0402. The topological polar surface area (TPSA) is 58.4 Å². The molecule has 1 aliphatic heterocycles. The van der Waals surface area contributed by atoms with Crippen molar-refractivity contribution in [2.45, 2.75) is 32.4 Å². The molecule has 1 fully saturated rings. The van der Waals surface area contributed by atoms with Crippen LogP contribution in [0.4, 0.5) is 11.4 Å². The zero-order chi connectivity index (χ0) is 14.2. The van der Waals surface area contributed by atoms with Crippen molar-refractivity contribution in [2.24, 2.45) is 0 Å². The lowest BCUT2D eigenvalue weighted by Gasteiger charge is -2.16. The van der Waals surface area contributed by atoms with Gasteiger partial charge in [-0.25, -0.2) is 0 Å². The second kappa shape index (κ2) is 5.35. The van der Waals surface area contributed by atoms with Gasteiger partial charge < -0.3 is 10.2 Å². The van der Waals surface area contributed by atoms with Crippen molar-refractivity contribution < 1.29 is 4.92 Å². The van der Waals surface area contributed by atoms with Gasteiger partial charge in [0.15, 0.2) is 0 Å². The molecule has 0 radical (unpaired) electrons. The van der Waals surface area contributed by atoms with Crippen molar-refractivity contribution >= 4 is 23.0 Å². The third kappa shape index (κ3) is 2.98. The molecule has 0 saturated carbocycles. The normalized spacial score (nSPS) is 23.6. The van der Waals surface area contributed by atoms with E-state index in [0.29, 0.717) is 12.1 Å². The van der Waals surface area contributed by atoms with Gasteiger partial charge in [-0.15, -0.1) is 0 Å². The lowest BCUT2D eigenvalue weighted by molar-refractivity contribution is -0.384. The molecule has 1 aromatic carbocycles. The first kappa shape index (κ1) is 14.1. The molecule has 0 bridgehead atoms. The molecule has 2 rings (SSSR count). The number of likely N-dealkylation sites (N-methyl/N-ethyl adjacent to an activating group) is 1. The maximum Gasteiger partial charge on any atom is 0.288 e. The zero-order valence-electron chi connectivity index (χ0n) is 11.3. The molecule has 6 heteroatoms. The van der Waals surface area contributed by atoms with E-state index < -0.39 is 4.92 Å². The molecule has 1 N–H and O–H groups in total. The lowest BCUT2D eigenvalue weighted by Crippen LogP contribution is -2.25. The van der Waals surface area contributed by atoms with E-state index in [1.165, 1.54) is 6.07 Å². The molecule has 0 amide bonds. The van der Waals surface area contributed by atoms with Crippen molar-refractivity contribution in [1.29, 1.82) is 0 Å². The Morgan fingerprint density at radius 1 is 1.53 bits per heavy atom. The van der Waals surface area contributed by atoms with E-state index >= 15 is 0 Å². The molecule has 0 spiro atoms. The summed E-state index contributed by atoms with van der Waals surface area (Å²) in [5, 5.41) is 14.4. The summed E-state index contributed by atoms with van der Waals surface area (Å²) >= 11 is 5.95. The molecule has 1 heterocycles. The Kier molecular flexibility index (Phi) is 3.96. The van der Waals surface area contributed by atoms with Gasteiger partial charge in [-0.1, -0.05) is 11.6 Å². The summed E-state index contributed by atoms with van der Waals surface area (Å²) in [7, 11) is 2.10. The fourth-order valence-corrected chi connectivity index (χ4v) is 2.71. The first-order valence-electron chi connectivity index (χ1n) is 6.29. The molecular formula is C13H18ClN3O2. The maximum absolute atomic E-state index is 10.8. The summed E-state index contributed by atoms with van der Waals surface area (Å²) in [5.41, 5.74) is 1.68. The summed E-state index contributed by atoms with van der Waals surface area (Å²) in [5.74, 6) is 0. The Hall–Kier alpha value is -1.33. The van der Waals surface area contributed by atoms with Gasteiger partial charge in [0, 0.05) is 30.4 Å². The smallest absolute Gasteiger partial charge is 0.288 e. The molecule has 104 valence electrons. The maximum atomic E-state index is 10.8. The fraction of sp³-hybridized carbons (Fsp3) is 0.538. The predicted molar refractivity (Wildman–Crippen MR) is 77.0 cm³/mol. The number of nitrogens with zero attached hydrogens (tertiary/aromatic N) is 2. The highest BCUT2D eigenvalue weighted by molar-refractivity contribution is 6.33. The summed E-state index contributed by atoms with van der Waals surface area (Å²) < 4.78 is 0. The Balaban J connectivity index is 2.18. The molecule has 0 aliphatic carbocycles. The quantitative estimate of drug-likeness (QED) is 0.684. The van der Waals surface area contributed by atoms with Crippen molar-refractivity contribution in [2.75, 3.05) is 18.9 Å². The van der Waals surface area contributed by atoms with Gasteiger partial charge >= 0.3 is 0 Å². The first-order valence-corrected chi connectivity index (χ1v) is 6.67. The Labute approximate surface area is 117 Å². The number of nitro groups is 1. The average molecular weight is 284 g/mol. The zero-order valence-corrected chi connectivity index (χ0v) is 12.1. The molecule has 1 aliphatic rings. The average Bonchev–Trinajstić information content (AvgIpc) is 2.62. The van der Waals surface area contributed by atoms with Crippen LogP contribution in [0.25, 0.3) is 0 Å². The van der Waals surface area contributed by atoms with Crippen LogP contribution in [0.2, 0.25) is 5.02 Å². The van der Waals surface area contributed by atoms with Crippen LogP contribution in [0.5, 0.6) is 0 Å². The number of hydrogen-bond donors (Lipinski definition) is 1. The molecule has 2 atom stereocenters. The standard InChI is InChI=1S/C13H18ClN3O2/c1-8-4-13(17(18)19)11(14)6-12(8)15-10-5-9(2)16(3)7-10/h4,6,9-10,15H,5,7H2,1-3H3. The van der Waals surface area contributed by atoms with Crippen molar-refractivity contribution in [3.8, 4) is 0 Å². The highest BCUT2D eigenvalue weighted by Crippen LogP contribution is 2.31. The van der Waals surface area contributed by atoms with Crippen molar-refractivity contribution in [1.82, 2.24) is 4.90 Å². The molecule has 2 unspecified atom stereocenters. The fourth-order valence-electron chi connectivity index (χ4n) is 2.48. The van der Waals surface area contributed by atoms with Crippen LogP contribution >= 0.6 is 11.6 Å². The van der Waals surface area contributed by atoms with E-state index in [1.807, 2.05) is 6.92 Å². The molecular weight excluding hydrogens is 266 g/mol. The molecule has 19 heavy (non-hydrogen) atoms. The van der Waals surface area contributed by atoms with Crippen LogP contribution in [-0.2, 0) is 0 Å². The van der Waals surface area contributed by atoms with E-state index in [2.05, 4.69) is 24.2 Å². The Bertz CT molecular complexity index is 497. The third-order valence-corrected chi connectivity index (χ3v) is 4.04. The number of nitrogens with one attached hydrogen (secondary N) is 1. The SMILES string of the molecule is Cc1cc([N+](=O)[O-])c(Cl)cc1NC1CC(C)N(C)C1. The van der Waals surface area contributed by atoms with Crippen LogP contribution < -0.4 is 5.32 Å². The second-order valence-electron chi connectivity index (χ2n) is 5.24. The number of anilines is 1. The third-order valence-electron chi connectivity index (χ3n) is 3.74. The van der Waals surface area contributed by atoms with Crippen molar-refractivity contribution in [3.63, 3.8) is 0 Å².